The molecule has 19 heavy (non-hydrogen) atoms. The second-order valence-corrected chi connectivity index (χ2v) is 5.58. The molecular formula is C10H19NaO7S. The van der Waals surface area contributed by atoms with E-state index in [9.17, 15) is 18.0 Å². The summed E-state index contributed by atoms with van der Waals surface area (Å²) in [4.78, 5) is 20.0. The number of hydrogen-bond donors (Lipinski definition) is 3. The molecule has 1 atom stereocenters. The van der Waals surface area contributed by atoms with Crippen LogP contribution in [0.2, 0.25) is 0 Å². The Morgan fingerprint density at radius 3 is 1.68 bits per heavy atom. The van der Waals surface area contributed by atoms with E-state index < -0.39 is 33.7 Å². The summed E-state index contributed by atoms with van der Waals surface area (Å²) < 4.78 is 28.7. The van der Waals surface area contributed by atoms with E-state index in [4.69, 9.17) is 14.8 Å². The van der Waals surface area contributed by atoms with Crippen molar-refractivity contribution in [2.24, 2.45) is 5.92 Å². The van der Waals surface area contributed by atoms with Crippen molar-refractivity contribution < 1.29 is 62.3 Å². The average molecular weight is 306 g/mol. The first-order chi connectivity index (χ1) is 8.02. The number of carboxylic acid groups (broad SMARTS) is 2. The summed E-state index contributed by atoms with van der Waals surface area (Å²) >= 11 is 0. The topological polar surface area (TPSA) is 129 Å². The number of hydrogen-bond acceptors (Lipinski definition) is 4. The van der Waals surface area contributed by atoms with E-state index in [-0.39, 0.29) is 29.6 Å². The minimum Gasteiger partial charge on any atom is -0.481 e. The molecule has 0 bridgehead atoms. The van der Waals surface area contributed by atoms with E-state index in [1.54, 1.807) is 0 Å². The predicted molar refractivity (Wildman–Crippen MR) is 64.7 cm³/mol. The Kier molecular flexibility index (Phi) is 14.7. The third kappa shape index (κ3) is 15.8. The summed E-state index contributed by atoms with van der Waals surface area (Å²) in [5.74, 6) is -2.66. The first-order valence-electron chi connectivity index (χ1n) is 5.21. The van der Waals surface area contributed by atoms with Crippen molar-refractivity contribution in [3.63, 3.8) is 0 Å². The van der Waals surface area contributed by atoms with Gasteiger partial charge in [-0.2, -0.15) is 21.8 Å². The van der Waals surface area contributed by atoms with Gasteiger partial charge in [0.2, 0.25) is 0 Å². The molecule has 0 spiro atoms. The van der Waals surface area contributed by atoms with Gasteiger partial charge in [0, 0.05) is 0 Å². The van der Waals surface area contributed by atoms with Gasteiger partial charge >= 0.3 is 41.5 Å². The van der Waals surface area contributed by atoms with Crippen molar-refractivity contribution in [1.29, 1.82) is 0 Å². The van der Waals surface area contributed by atoms with Gasteiger partial charge in [0.15, 0.2) is 5.25 Å². The Balaban J connectivity index is -0.000000313. The summed E-state index contributed by atoms with van der Waals surface area (Å²) in [6, 6.07) is 0. The molecule has 1 unspecified atom stereocenters. The second-order valence-electron chi connectivity index (χ2n) is 3.98. The molecular weight excluding hydrogens is 287 g/mol. The SMILES string of the molecule is C[CH-]CC(C)C.O=C(O)CC(C(=O)O)S(=O)(=O)O.[Na+]. The number of carboxylic acids is 2. The molecule has 0 aliphatic rings. The van der Waals surface area contributed by atoms with Gasteiger partial charge in [-0.15, -0.1) is 0 Å². The Labute approximate surface area is 135 Å². The van der Waals surface area contributed by atoms with Gasteiger partial charge in [0.05, 0.1) is 6.42 Å². The molecule has 0 heterocycles. The molecule has 0 aliphatic heterocycles. The fraction of sp³-hybridized carbons (Fsp3) is 0.700. The standard InChI is InChI=1S/C6H13.C4H6O7S.Na/c1-4-5-6(2)3;5-3(6)1-2(4(7)8)12(9,10)11;/h4,6H,5H2,1-3H3;2H,1H2,(H,5,6)(H,7,8)(H,9,10,11);/q-1;;+1. The van der Waals surface area contributed by atoms with Crippen LogP contribution in [-0.2, 0) is 19.7 Å². The van der Waals surface area contributed by atoms with Gasteiger partial charge in [-0.05, 0) is 0 Å². The first kappa shape index (κ1) is 23.9. The van der Waals surface area contributed by atoms with Crippen LogP contribution in [0.15, 0.2) is 0 Å². The van der Waals surface area contributed by atoms with Crippen LogP contribution < -0.4 is 29.6 Å². The van der Waals surface area contributed by atoms with E-state index in [1.165, 1.54) is 6.42 Å². The molecule has 0 radical (unpaired) electrons. The Hall–Kier alpha value is -0.150. The van der Waals surface area contributed by atoms with Gasteiger partial charge in [-0.3, -0.25) is 14.1 Å². The van der Waals surface area contributed by atoms with Crippen LogP contribution in [0.1, 0.15) is 33.6 Å². The molecule has 0 saturated heterocycles. The van der Waals surface area contributed by atoms with E-state index in [1.807, 2.05) is 0 Å². The van der Waals surface area contributed by atoms with Gasteiger partial charge in [0.1, 0.15) is 0 Å². The van der Waals surface area contributed by atoms with Gasteiger partial charge in [0.25, 0.3) is 10.1 Å². The molecule has 0 aromatic heterocycles. The molecule has 0 amide bonds. The molecule has 3 N–H and O–H groups in total. The maximum atomic E-state index is 10.2. The van der Waals surface area contributed by atoms with Gasteiger partial charge < -0.3 is 16.6 Å². The summed E-state index contributed by atoms with van der Waals surface area (Å²) in [6.07, 6.45) is 2.29. The van der Waals surface area contributed by atoms with E-state index in [0.29, 0.717) is 0 Å². The van der Waals surface area contributed by atoms with Crippen molar-refractivity contribution in [3.8, 4) is 0 Å². The minimum atomic E-state index is -4.84. The molecule has 0 fully saturated rings. The zero-order valence-electron chi connectivity index (χ0n) is 11.5. The normalized spacial score (nSPS) is 11.8. The molecule has 0 rings (SSSR count). The molecule has 0 aliphatic carbocycles. The largest absolute Gasteiger partial charge is 1.00 e. The van der Waals surface area contributed by atoms with Crippen LogP contribution in [-0.4, -0.2) is 40.4 Å². The molecule has 0 aromatic rings. The third-order valence-corrected chi connectivity index (χ3v) is 2.79. The van der Waals surface area contributed by atoms with Crippen molar-refractivity contribution in [3.05, 3.63) is 6.42 Å². The zero-order valence-corrected chi connectivity index (χ0v) is 14.3. The monoisotopic (exact) mass is 306 g/mol. The van der Waals surface area contributed by atoms with Crippen LogP contribution in [0.5, 0.6) is 0 Å². The Bertz CT molecular complexity index is 364. The average Bonchev–Trinajstić information content (AvgIpc) is 2.12. The van der Waals surface area contributed by atoms with Crippen LogP contribution >= 0.6 is 0 Å². The van der Waals surface area contributed by atoms with Crippen molar-refractivity contribution in [2.45, 2.75) is 38.9 Å². The summed E-state index contributed by atoms with van der Waals surface area (Å²) in [5.41, 5.74) is 0. The Morgan fingerprint density at radius 2 is 1.63 bits per heavy atom. The third-order valence-electron chi connectivity index (χ3n) is 1.70. The van der Waals surface area contributed by atoms with E-state index in [0.717, 1.165) is 5.92 Å². The van der Waals surface area contributed by atoms with E-state index >= 15 is 0 Å². The maximum absolute atomic E-state index is 10.2. The van der Waals surface area contributed by atoms with Gasteiger partial charge in [-0.25, -0.2) is 0 Å². The Morgan fingerprint density at radius 1 is 1.21 bits per heavy atom. The minimum absolute atomic E-state index is 0. The second kappa shape index (κ2) is 11.7. The van der Waals surface area contributed by atoms with Crippen LogP contribution in [0.4, 0.5) is 0 Å². The van der Waals surface area contributed by atoms with Crippen LogP contribution in [0.3, 0.4) is 0 Å². The molecule has 0 aromatic carbocycles. The summed E-state index contributed by atoms with van der Waals surface area (Å²) in [7, 11) is -4.84. The summed E-state index contributed by atoms with van der Waals surface area (Å²) in [6.45, 7) is 6.54. The fourth-order valence-corrected chi connectivity index (χ4v) is 1.56. The molecule has 0 saturated carbocycles. The molecule has 7 nitrogen and oxygen atoms in total. The zero-order chi connectivity index (χ0) is 14.9. The van der Waals surface area contributed by atoms with Crippen molar-refractivity contribution in [1.82, 2.24) is 0 Å². The number of carbonyl (C=O) groups is 2. The van der Waals surface area contributed by atoms with Gasteiger partial charge in [-0.1, -0.05) is 19.8 Å². The first-order valence-corrected chi connectivity index (χ1v) is 6.71. The van der Waals surface area contributed by atoms with Crippen LogP contribution in [0.25, 0.3) is 0 Å². The van der Waals surface area contributed by atoms with Crippen molar-refractivity contribution >= 4 is 22.1 Å². The molecule has 9 heteroatoms. The fourth-order valence-electron chi connectivity index (χ4n) is 0.950. The summed E-state index contributed by atoms with van der Waals surface area (Å²) in [5, 5.41) is 13.9. The number of aliphatic carboxylic acids is 2. The predicted octanol–water partition coefficient (Wildman–Crippen LogP) is -1.94. The van der Waals surface area contributed by atoms with Crippen LogP contribution in [0, 0.1) is 12.3 Å². The van der Waals surface area contributed by atoms with Crippen molar-refractivity contribution in [2.75, 3.05) is 0 Å². The smallest absolute Gasteiger partial charge is 0.481 e. The molecule has 108 valence electrons. The quantitative estimate of drug-likeness (QED) is 0.296. The number of rotatable bonds is 6. The maximum Gasteiger partial charge on any atom is 1.00 e. The van der Waals surface area contributed by atoms with E-state index in [2.05, 4.69) is 27.2 Å².